The zero-order valence-electron chi connectivity index (χ0n) is 18.8. The van der Waals surface area contributed by atoms with Gasteiger partial charge in [-0.05, 0) is 31.1 Å². The highest BCUT2D eigenvalue weighted by molar-refractivity contribution is 5.94. The van der Waals surface area contributed by atoms with Crippen molar-refractivity contribution >= 4 is 23.3 Å². The molecule has 0 amide bonds. The average Bonchev–Trinajstić information content (AvgIpc) is 3.22. The van der Waals surface area contributed by atoms with Crippen LogP contribution in [0.1, 0.15) is 25.1 Å². The number of imidazole rings is 1. The summed E-state index contributed by atoms with van der Waals surface area (Å²) >= 11 is 0. The molecule has 0 spiro atoms. The summed E-state index contributed by atoms with van der Waals surface area (Å²) in [6, 6.07) is 0. The van der Waals surface area contributed by atoms with Crippen molar-refractivity contribution in [3.05, 3.63) is 69.6 Å². The lowest BCUT2D eigenvalue weighted by atomic mass is 9.88. The third kappa shape index (κ3) is 3.44. The van der Waals surface area contributed by atoms with Crippen LogP contribution in [0.5, 0.6) is 0 Å². The minimum Gasteiger partial charge on any atom is -0.376 e. The molecule has 1 unspecified atom stereocenters. The van der Waals surface area contributed by atoms with Gasteiger partial charge in [-0.1, -0.05) is 12.7 Å². The van der Waals surface area contributed by atoms with Crippen molar-refractivity contribution < 1.29 is 9.13 Å². The zero-order valence-corrected chi connectivity index (χ0v) is 18.8. The van der Waals surface area contributed by atoms with E-state index in [1.54, 1.807) is 33.6 Å². The van der Waals surface area contributed by atoms with E-state index in [0.29, 0.717) is 23.2 Å². The Morgan fingerprint density at radius 3 is 2.75 bits per heavy atom. The minimum atomic E-state index is -0.717. The summed E-state index contributed by atoms with van der Waals surface area (Å²) in [5.74, 6) is -0.717. The number of aryl methyl sites for hydroxylation is 2. The van der Waals surface area contributed by atoms with Crippen LogP contribution >= 0.6 is 0 Å². The summed E-state index contributed by atoms with van der Waals surface area (Å²) in [6.45, 7) is 7.56. The fourth-order valence-corrected chi connectivity index (χ4v) is 4.02. The summed E-state index contributed by atoms with van der Waals surface area (Å²) < 4.78 is 24.5. The topological polar surface area (TPSA) is 79.2 Å². The van der Waals surface area contributed by atoms with E-state index in [9.17, 15) is 9.18 Å². The van der Waals surface area contributed by atoms with E-state index in [1.807, 2.05) is 26.0 Å². The predicted molar refractivity (Wildman–Crippen MR) is 123 cm³/mol. The van der Waals surface area contributed by atoms with Gasteiger partial charge in [-0.3, -0.25) is 23.8 Å². The van der Waals surface area contributed by atoms with Gasteiger partial charge in [0.25, 0.3) is 5.95 Å². The molecule has 4 rings (SSSR count). The summed E-state index contributed by atoms with van der Waals surface area (Å²) in [4.78, 5) is 22.0. The summed E-state index contributed by atoms with van der Waals surface area (Å²) in [5, 5.41) is 3.77. The fourth-order valence-electron chi connectivity index (χ4n) is 4.02. The molecular weight excluding hydrogens is 411 g/mol. The molecule has 1 aliphatic rings. The van der Waals surface area contributed by atoms with Crippen LogP contribution < -0.4 is 5.69 Å². The molecule has 3 heterocycles. The normalized spacial score (nSPS) is 16.6. The maximum absolute atomic E-state index is 14.6. The van der Waals surface area contributed by atoms with Gasteiger partial charge in [0.15, 0.2) is 0 Å². The smallest absolute Gasteiger partial charge is 0.333 e. The first-order chi connectivity index (χ1) is 15.3. The number of allylic oxidation sites excluding steroid dienone is 2. The molecule has 1 atom stereocenters. The van der Waals surface area contributed by atoms with Crippen LogP contribution in [0.15, 0.2) is 51.7 Å². The van der Waals surface area contributed by atoms with Crippen molar-refractivity contribution in [2.24, 2.45) is 19.1 Å². The van der Waals surface area contributed by atoms with Crippen molar-refractivity contribution in [1.82, 2.24) is 23.9 Å². The summed E-state index contributed by atoms with van der Waals surface area (Å²) in [5.41, 5.74) is 4.87. The van der Waals surface area contributed by atoms with Crippen LogP contribution in [0.3, 0.4) is 0 Å². The van der Waals surface area contributed by atoms with E-state index < -0.39 is 5.95 Å². The van der Waals surface area contributed by atoms with Crippen LogP contribution in [0.4, 0.5) is 4.39 Å². The fraction of sp³-hybridized carbons (Fsp3) is 0.304. The number of nitrogens with zero attached hydrogens (tertiary/aromatic N) is 6. The molecule has 166 valence electrons. The van der Waals surface area contributed by atoms with Gasteiger partial charge in [-0.25, -0.2) is 4.79 Å². The van der Waals surface area contributed by atoms with E-state index in [4.69, 9.17) is 4.74 Å². The quantitative estimate of drug-likeness (QED) is 0.576. The highest BCUT2D eigenvalue weighted by Crippen LogP contribution is 2.34. The second kappa shape index (κ2) is 8.16. The molecule has 3 aromatic rings. The highest BCUT2D eigenvalue weighted by atomic mass is 19.1. The number of hydrogen-bond acceptors (Lipinski definition) is 5. The Balaban J connectivity index is 2.04. The van der Waals surface area contributed by atoms with E-state index >= 15 is 0 Å². The third-order valence-corrected chi connectivity index (χ3v) is 5.60. The van der Waals surface area contributed by atoms with Crippen LogP contribution in [0.2, 0.25) is 0 Å². The van der Waals surface area contributed by atoms with Crippen molar-refractivity contribution in [1.29, 1.82) is 0 Å². The van der Waals surface area contributed by atoms with Gasteiger partial charge in [0.1, 0.15) is 5.69 Å². The van der Waals surface area contributed by atoms with Crippen LogP contribution in [-0.4, -0.2) is 43.3 Å². The SMILES string of the molecule is C=C(C)N=C/C(=C\C)C1=Cc2c(ncc3c2n(-c2cn(C)nc2F)c(=O)n3C)CC1OC. The lowest BCUT2D eigenvalue weighted by Crippen LogP contribution is -2.24. The molecule has 8 nitrogen and oxygen atoms in total. The van der Waals surface area contributed by atoms with E-state index in [-0.39, 0.29) is 17.5 Å². The van der Waals surface area contributed by atoms with Crippen LogP contribution in [0, 0.1) is 5.95 Å². The Kier molecular flexibility index (Phi) is 5.52. The van der Waals surface area contributed by atoms with Crippen molar-refractivity contribution in [3.63, 3.8) is 0 Å². The lowest BCUT2D eigenvalue weighted by molar-refractivity contribution is 0.133. The van der Waals surface area contributed by atoms with Gasteiger partial charge < -0.3 is 4.74 Å². The predicted octanol–water partition coefficient (Wildman–Crippen LogP) is 3.10. The second-order valence-electron chi connectivity index (χ2n) is 7.77. The van der Waals surface area contributed by atoms with E-state index in [2.05, 4.69) is 21.7 Å². The first-order valence-corrected chi connectivity index (χ1v) is 10.2. The first kappa shape index (κ1) is 21.6. The Morgan fingerprint density at radius 2 is 2.16 bits per heavy atom. The molecule has 0 saturated carbocycles. The minimum absolute atomic E-state index is 0.0930. The Bertz CT molecular complexity index is 1390. The Morgan fingerprint density at radius 1 is 1.41 bits per heavy atom. The summed E-state index contributed by atoms with van der Waals surface area (Å²) in [7, 11) is 4.90. The molecule has 0 fully saturated rings. The zero-order chi connectivity index (χ0) is 23.2. The Hall–Kier alpha value is -3.59. The van der Waals surface area contributed by atoms with Gasteiger partial charge in [-0.15, -0.1) is 5.10 Å². The number of halogens is 1. The van der Waals surface area contributed by atoms with Crippen molar-refractivity contribution in [2.45, 2.75) is 26.4 Å². The summed E-state index contributed by atoms with van der Waals surface area (Å²) in [6.07, 6.45) is 9.04. The number of fused-ring (bicyclic) bond motifs is 3. The van der Waals surface area contributed by atoms with Crippen LogP contribution in [-0.2, 0) is 25.3 Å². The number of aliphatic imine (C=N–C) groups is 1. The number of hydrogen-bond donors (Lipinski definition) is 0. The molecule has 3 aromatic heterocycles. The molecule has 0 aliphatic heterocycles. The number of methoxy groups -OCH3 is 1. The van der Waals surface area contributed by atoms with Crippen molar-refractivity contribution in [2.75, 3.05) is 7.11 Å². The standard InChI is InChI=1S/C23H25FN6O2/c1-7-14(10-25-13(2)3)15-8-16-17(9-20(15)32-6)26-11-18-21(16)30(23(31)29(18)5)19-12-28(4)27-22(19)24/h7-8,10-12,20H,2,9H2,1,3-6H3/b14-7+,25-10?. The Labute approximate surface area is 184 Å². The third-order valence-electron chi connectivity index (χ3n) is 5.60. The van der Waals surface area contributed by atoms with Gasteiger partial charge in [0.2, 0.25) is 0 Å². The van der Waals surface area contributed by atoms with Gasteiger partial charge in [0.05, 0.1) is 35.2 Å². The molecule has 0 radical (unpaired) electrons. The molecule has 1 aliphatic carbocycles. The number of rotatable bonds is 5. The largest absolute Gasteiger partial charge is 0.376 e. The molecular formula is C23H25FN6O2. The maximum atomic E-state index is 14.6. The molecule has 0 saturated heterocycles. The molecule has 0 N–H and O–H groups in total. The molecule has 32 heavy (non-hydrogen) atoms. The van der Waals surface area contributed by atoms with Gasteiger partial charge in [-0.2, -0.15) is 4.39 Å². The van der Waals surface area contributed by atoms with E-state index in [1.165, 1.54) is 20.0 Å². The van der Waals surface area contributed by atoms with Crippen LogP contribution in [0.25, 0.3) is 22.8 Å². The van der Waals surface area contributed by atoms with E-state index in [0.717, 1.165) is 22.4 Å². The van der Waals surface area contributed by atoms with Gasteiger partial charge >= 0.3 is 5.69 Å². The molecule has 0 bridgehead atoms. The highest BCUT2D eigenvalue weighted by Gasteiger charge is 2.29. The van der Waals surface area contributed by atoms with Crippen molar-refractivity contribution in [3.8, 4) is 5.69 Å². The first-order valence-electron chi connectivity index (χ1n) is 10.2. The monoisotopic (exact) mass is 436 g/mol. The average molecular weight is 436 g/mol. The second-order valence-corrected chi connectivity index (χ2v) is 7.77. The number of ether oxygens (including phenoxy) is 1. The molecule has 9 heteroatoms. The lowest BCUT2D eigenvalue weighted by Gasteiger charge is -2.25. The maximum Gasteiger partial charge on any atom is 0.333 e. The van der Waals surface area contributed by atoms with Gasteiger partial charge in [0, 0.05) is 45.1 Å². The number of aromatic nitrogens is 5. The molecule has 0 aromatic carbocycles. The number of pyridine rings is 1.